The lowest BCUT2D eigenvalue weighted by Crippen LogP contribution is -2.22. The molecule has 1 fully saturated rings. The number of nitrogens with one attached hydrogen (secondary N) is 1. The van der Waals surface area contributed by atoms with Gasteiger partial charge in [-0.05, 0) is 67.1 Å². The van der Waals surface area contributed by atoms with E-state index in [-0.39, 0.29) is 17.6 Å². The summed E-state index contributed by atoms with van der Waals surface area (Å²) < 4.78 is 17.4. The van der Waals surface area contributed by atoms with Crippen LogP contribution in [0.25, 0.3) is 0 Å². The lowest BCUT2D eigenvalue weighted by Gasteiger charge is -2.20. The highest BCUT2D eigenvalue weighted by Crippen LogP contribution is 2.25. The minimum atomic E-state index is 0.0657. The summed E-state index contributed by atoms with van der Waals surface area (Å²) in [6.45, 7) is 10.9. The molecular formula is C24H33NO3. The van der Waals surface area contributed by atoms with E-state index < -0.39 is 0 Å². The first-order valence-electron chi connectivity index (χ1n) is 10.3. The van der Waals surface area contributed by atoms with Gasteiger partial charge in [0.15, 0.2) is 0 Å². The lowest BCUT2D eigenvalue weighted by molar-refractivity contribution is 0.0679. The van der Waals surface area contributed by atoms with Crippen molar-refractivity contribution in [1.82, 2.24) is 0 Å². The molecule has 0 aliphatic carbocycles. The van der Waals surface area contributed by atoms with Crippen LogP contribution in [0.5, 0.6) is 11.5 Å². The summed E-state index contributed by atoms with van der Waals surface area (Å²) in [6, 6.07) is 16.5. The molecule has 152 valence electrons. The molecule has 4 nitrogen and oxygen atoms in total. The summed E-state index contributed by atoms with van der Waals surface area (Å²) in [7, 11) is 0. The zero-order valence-corrected chi connectivity index (χ0v) is 17.5. The first kappa shape index (κ1) is 20.5. The van der Waals surface area contributed by atoms with Gasteiger partial charge in [-0.3, -0.25) is 0 Å². The SMILES string of the molecule is CC(CNc1ccc(OCC2CCCO2)cc1)Oc1ccc(C(C)(C)C)cc1. The first-order valence-corrected chi connectivity index (χ1v) is 10.3. The maximum Gasteiger partial charge on any atom is 0.119 e. The molecule has 0 saturated carbocycles. The van der Waals surface area contributed by atoms with Crippen LogP contribution in [0.2, 0.25) is 0 Å². The van der Waals surface area contributed by atoms with E-state index in [4.69, 9.17) is 14.2 Å². The van der Waals surface area contributed by atoms with E-state index >= 15 is 0 Å². The molecule has 2 atom stereocenters. The van der Waals surface area contributed by atoms with E-state index in [0.29, 0.717) is 6.61 Å². The van der Waals surface area contributed by atoms with Crippen molar-refractivity contribution in [1.29, 1.82) is 0 Å². The molecular weight excluding hydrogens is 350 g/mol. The van der Waals surface area contributed by atoms with Crippen molar-refractivity contribution in [2.45, 2.75) is 58.2 Å². The highest BCUT2D eigenvalue weighted by molar-refractivity contribution is 5.46. The molecule has 0 spiro atoms. The average molecular weight is 384 g/mol. The predicted molar refractivity (Wildman–Crippen MR) is 115 cm³/mol. The number of ether oxygens (including phenoxy) is 3. The zero-order valence-electron chi connectivity index (χ0n) is 17.5. The van der Waals surface area contributed by atoms with Crippen LogP contribution in [0, 0.1) is 0 Å². The van der Waals surface area contributed by atoms with Gasteiger partial charge in [-0.2, -0.15) is 0 Å². The topological polar surface area (TPSA) is 39.7 Å². The third-order valence-corrected chi connectivity index (χ3v) is 4.97. The monoisotopic (exact) mass is 383 g/mol. The van der Waals surface area contributed by atoms with E-state index in [9.17, 15) is 0 Å². The fourth-order valence-corrected chi connectivity index (χ4v) is 3.20. The van der Waals surface area contributed by atoms with Gasteiger partial charge in [0.1, 0.15) is 24.2 Å². The number of rotatable bonds is 8. The Hall–Kier alpha value is -2.20. The summed E-state index contributed by atoms with van der Waals surface area (Å²) in [5.41, 5.74) is 2.53. The second kappa shape index (κ2) is 9.33. The van der Waals surface area contributed by atoms with Gasteiger partial charge in [0, 0.05) is 12.3 Å². The largest absolute Gasteiger partial charge is 0.491 e. The van der Waals surface area contributed by atoms with Crippen LogP contribution in [-0.2, 0) is 10.2 Å². The Kier molecular flexibility index (Phi) is 6.84. The van der Waals surface area contributed by atoms with Crippen molar-refractivity contribution in [3.63, 3.8) is 0 Å². The van der Waals surface area contributed by atoms with Crippen LogP contribution in [-0.4, -0.2) is 32.0 Å². The third-order valence-electron chi connectivity index (χ3n) is 4.97. The zero-order chi connectivity index (χ0) is 20.0. The molecule has 1 saturated heterocycles. The number of benzene rings is 2. The third kappa shape index (κ3) is 6.16. The summed E-state index contributed by atoms with van der Waals surface area (Å²) >= 11 is 0. The minimum absolute atomic E-state index is 0.0657. The highest BCUT2D eigenvalue weighted by Gasteiger charge is 2.16. The van der Waals surface area contributed by atoms with Gasteiger partial charge in [-0.15, -0.1) is 0 Å². The van der Waals surface area contributed by atoms with Crippen LogP contribution >= 0.6 is 0 Å². The molecule has 3 rings (SSSR count). The Bertz CT molecular complexity index is 713. The Labute approximate surface area is 169 Å². The first-order chi connectivity index (χ1) is 13.4. The molecule has 28 heavy (non-hydrogen) atoms. The molecule has 4 heteroatoms. The van der Waals surface area contributed by atoms with Crippen molar-refractivity contribution in [3.8, 4) is 11.5 Å². The maximum atomic E-state index is 6.02. The quantitative estimate of drug-likeness (QED) is 0.660. The second-order valence-electron chi connectivity index (χ2n) is 8.55. The van der Waals surface area contributed by atoms with E-state index in [1.165, 1.54) is 5.56 Å². The van der Waals surface area contributed by atoms with Gasteiger partial charge in [0.05, 0.1) is 12.6 Å². The van der Waals surface area contributed by atoms with Crippen LogP contribution in [0.4, 0.5) is 5.69 Å². The molecule has 2 aromatic rings. The molecule has 1 aliphatic heterocycles. The number of hydrogen-bond donors (Lipinski definition) is 1. The van der Waals surface area contributed by atoms with Gasteiger partial charge in [-0.1, -0.05) is 32.9 Å². The molecule has 0 aromatic heterocycles. The Morgan fingerprint density at radius 1 is 1.04 bits per heavy atom. The van der Waals surface area contributed by atoms with Crippen molar-refractivity contribution >= 4 is 5.69 Å². The van der Waals surface area contributed by atoms with Crippen LogP contribution in [0.1, 0.15) is 46.1 Å². The Morgan fingerprint density at radius 3 is 2.32 bits per heavy atom. The van der Waals surface area contributed by atoms with Crippen LogP contribution in [0.15, 0.2) is 48.5 Å². The second-order valence-corrected chi connectivity index (χ2v) is 8.55. The van der Waals surface area contributed by atoms with Gasteiger partial charge in [0.25, 0.3) is 0 Å². The summed E-state index contributed by atoms with van der Waals surface area (Å²) in [6.07, 6.45) is 2.54. The van der Waals surface area contributed by atoms with Crippen molar-refractivity contribution in [2.75, 3.05) is 25.1 Å². The fraction of sp³-hybridized carbons (Fsp3) is 0.500. The number of hydrogen-bond acceptors (Lipinski definition) is 4. The maximum absolute atomic E-state index is 6.02. The van der Waals surface area contributed by atoms with E-state index in [2.05, 4.69) is 57.3 Å². The molecule has 1 N–H and O–H groups in total. The van der Waals surface area contributed by atoms with Crippen molar-refractivity contribution in [3.05, 3.63) is 54.1 Å². The number of anilines is 1. The van der Waals surface area contributed by atoms with Crippen LogP contribution < -0.4 is 14.8 Å². The van der Waals surface area contributed by atoms with Gasteiger partial charge in [-0.25, -0.2) is 0 Å². The molecule has 2 aromatic carbocycles. The van der Waals surface area contributed by atoms with Crippen LogP contribution in [0.3, 0.4) is 0 Å². The summed E-state index contributed by atoms with van der Waals surface area (Å²) in [4.78, 5) is 0. The Balaban J connectivity index is 1.41. The van der Waals surface area contributed by atoms with Crippen molar-refractivity contribution in [2.24, 2.45) is 0 Å². The van der Waals surface area contributed by atoms with Gasteiger partial charge >= 0.3 is 0 Å². The van der Waals surface area contributed by atoms with E-state index in [1.54, 1.807) is 0 Å². The van der Waals surface area contributed by atoms with Crippen molar-refractivity contribution < 1.29 is 14.2 Å². The molecule has 0 amide bonds. The van der Waals surface area contributed by atoms with Gasteiger partial charge < -0.3 is 19.5 Å². The minimum Gasteiger partial charge on any atom is -0.491 e. The predicted octanol–water partition coefficient (Wildman–Crippen LogP) is 5.42. The average Bonchev–Trinajstić information content (AvgIpc) is 3.19. The smallest absolute Gasteiger partial charge is 0.119 e. The fourth-order valence-electron chi connectivity index (χ4n) is 3.20. The summed E-state index contributed by atoms with van der Waals surface area (Å²) in [5.74, 6) is 1.78. The highest BCUT2D eigenvalue weighted by atomic mass is 16.5. The Morgan fingerprint density at radius 2 is 1.71 bits per heavy atom. The molecule has 1 heterocycles. The molecule has 0 radical (unpaired) electrons. The molecule has 2 unspecified atom stereocenters. The molecule has 1 aliphatic rings. The standard InChI is InChI=1S/C24H33NO3/c1-18(28-22-11-7-19(8-12-22)24(2,3)4)16-25-20-9-13-21(14-10-20)27-17-23-6-5-15-26-23/h7-14,18,23,25H,5-6,15-17H2,1-4H3. The summed E-state index contributed by atoms with van der Waals surface area (Å²) in [5, 5.41) is 3.42. The van der Waals surface area contributed by atoms with Gasteiger partial charge in [0.2, 0.25) is 0 Å². The van der Waals surface area contributed by atoms with E-state index in [0.717, 1.165) is 43.2 Å². The van der Waals surface area contributed by atoms with E-state index in [1.807, 2.05) is 24.3 Å². The lowest BCUT2D eigenvalue weighted by atomic mass is 9.87. The normalized spacial score (nSPS) is 17.9. The molecule has 0 bridgehead atoms.